The number of methoxy groups -OCH3 is 1. The lowest BCUT2D eigenvalue weighted by Gasteiger charge is -2.27. The number of hydrogen-bond donors (Lipinski definition) is 0. The first kappa shape index (κ1) is 20.0. The van der Waals surface area contributed by atoms with Crippen LogP contribution in [0.3, 0.4) is 0 Å². The molecule has 1 aromatic heterocycles. The minimum Gasteiger partial charge on any atom is -0.497 e. The van der Waals surface area contributed by atoms with Gasteiger partial charge in [-0.15, -0.1) is 11.3 Å². The van der Waals surface area contributed by atoms with Crippen LogP contribution in [0.4, 0.5) is 0 Å². The van der Waals surface area contributed by atoms with Crippen LogP contribution in [0.2, 0.25) is 0 Å². The van der Waals surface area contributed by atoms with E-state index in [0.717, 1.165) is 24.7 Å². The molecule has 2 heterocycles. The fourth-order valence-electron chi connectivity index (χ4n) is 4.07. The Kier molecular flexibility index (Phi) is 6.86. The lowest BCUT2D eigenvalue weighted by Crippen LogP contribution is -2.33. The van der Waals surface area contributed by atoms with Gasteiger partial charge in [0.1, 0.15) is 18.1 Å². The molecule has 1 atom stereocenters. The van der Waals surface area contributed by atoms with E-state index in [-0.39, 0.29) is 5.92 Å². The number of thiophene rings is 1. The summed E-state index contributed by atoms with van der Waals surface area (Å²) in [6, 6.07) is 21.2. The van der Waals surface area contributed by atoms with Crippen molar-refractivity contribution in [1.29, 1.82) is 0 Å². The summed E-state index contributed by atoms with van der Waals surface area (Å²) in [5.74, 6) is 2.02. The van der Waals surface area contributed by atoms with Gasteiger partial charge in [-0.1, -0.05) is 42.8 Å². The normalized spacial score (nSPS) is 15.8. The highest BCUT2D eigenvalue weighted by atomic mass is 32.1. The lowest BCUT2D eigenvalue weighted by molar-refractivity contribution is 0.182. The van der Waals surface area contributed by atoms with E-state index >= 15 is 0 Å². The molecule has 0 amide bonds. The first-order valence-electron chi connectivity index (χ1n) is 10.5. The summed E-state index contributed by atoms with van der Waals surface area (Å²) in [6.07, 6.45) is 3.99. The summed E-state index contributed by atoms with van der Waals surface area (Å²) < 4.78 is 11.7. The molecule has 0 aliphatic carbocycles. The zero-order valence-electron chi connectivity index (χ0n) is 17.0. The molecule has 0 N–H and O–H groups in total. The van der Waals surface area contributed by atoms with Gasteiger partial charge in [-0.05, 0) is 61.1 Å². The Morgan fingerprint density at radius 3 is 2.45 bits per heavy atom. The minimum absolute atomic E-state index is 0.159. The number of benzene rings is 2. The van der Waals surface area contributed by atoms with Crippen LogP contribution in [-0.4, -0.2) is 38.3 Å². The predicted molar refractivity (Wildman–Crippen MR) is 120 cm³/mol. The molecule has 4 rings (SSSR count). The van der Waals surface area contributed by atoms with Crippen molar-refractivity contribution in [2.75, 3.05) is 33.4 Å². The van der Waals surface area contributed by atoms with Crippen LogP contribution in [0.1, 0.15) is 41.2 Å². The van der Waals surface area contributed by atoms with Gasteiger partial charge in [-0.2, -0.15) is 0 Å². The van der Waals surface area contributed by atoms with E-state index in [2.05, 4.69) is 58.8 Å². The molecule has 0 spiro atoms. The summed E-state index contributed by atoms with van der Waals surface area (Å²) in [4.78, 5) is 3.84. The Hall–Kier alpha value is -2.30. The molecule has 3 aromatic rings. The standard InChI is InChI=1S/C25H29NO2S/c1-27-21-13-11-20(12-14-21)25(24-10-7-19-29-24)22-8-3-4-9-23(22)28-18-17-26-15-5-2-6-16-26/h3-4,7-14,19,25H,2,5-6,15-18H2,1H3. The molecule has 0 saturated carbocycles. The Morgan fingerprint density at radius 2 is 1.72 bits per heavy atom. The SMILES string of the molecule is COc1ccc(C(c2cccs2)c2ccccc2OCCN2CCCCC2)cc1. The fraction of sp³-hybridized carbons (Fsp3) is 0.360. The largest absolute Gasteiger partial charge is 0.497 e. The summed E-state index contributed by atoms with van der Waals surface area (Å²) in [5.41, 5.74) is 2.47. The molecule has 1 aliphatic rings. The van der Waals surface area contributed by atoms with Crippen molar-refractivity contribution in [2.45, 2.75) is 25.2 Å². The smallest absolute Gasteiger partial charge is 0.123 e. The van der Waals surface area contributed by atoms with Crippen molar-refractivity contribution in [3.8, 4) is 11.5 Å². The number of hydrogen-bond acceptors (Lipinski definition) is 4. The lowest BCUT2D eigenvalue weighted by atomic mass is 9.89. The number of piperidine rings is 1. The van der Waals surface area contributed by atoms with Crippen molar-refractivity contribution in [3.05, 3.63) is 82.0 Å². The molecule has 2 aromatic carbocycles. The van der Waals surface area contributed by atoms with E-state index in [0.29, 0.717) is 0 Å². The second-order valence-corrected chi connectivity index (χ2v) is 8.49. The fourth-order valence-corrected chi connectivity index (χ4v) is 4.94. The average Bonchev–Trinajstić information content (AvgIpc) is 3.31. The highest BCUT2D eigenvalue weighted by Gasteiger charge is 2.22. The Morgan fingerprint density at radius 1 is 0.931 bits per heavy atom. The van der Waals surface area contributed by atoms with Gasteiger partial charge in [0.2, 0.25) is 0 Å². The molecule has 1 unspecified atom stereocenters. The topological polar surface area (TPSA) is 21.7 Å². The van der Waals surface area contributed by atoms with Crippen LogP contribution in [0.5, 0.6) is 11.5 Å². The van der Waals surface area contributed by atoms with E-state index < -0.39 is 0 Å². The van der Waals surface area contributed by atoms with Crippen molar-refractivity contribution in [1.82, 2.24) is 4.90 Å². The summed E-state index contributed by atoms with van der Waals surface area (Å²) in [6.45, 7) is 4.14. The third-order valence-electron chi connectivity index (χ3n) is 5.62. The van der Waals surface area contributed by atoms with E-state index in [9.17, 15) is 0 Å². The van der Waals surface area contributed by atoms with Crippen LogP contribution in [-0.2, 0) is 0 Å². The second-order valence-electron chi connectivity index (χ2n) is 7.51. The van der Waals surface area contributed by atoms with E-state index in [1.54, 1.807) is 18.4 Å². The van der Waals surface area contributed by atoms with Crippen LogP contribution >= 0.6 is 11.3 Å². The molecular weight excluding hydrogens is 378 g/mol. The molecule has 3 nitrogen and oxygen atoms in total. The van der Waals surface area contributed by atoms with Gasteiger partial charge < -0.3 is 9.47 Å². The Balaban J connectivity index is 1.57. The van der Waals surface area contributed by atoms with Crippen LogP contribution < -0.4 is 9.47 Å². The van der Waals surface area contributed by atoms with Gasteiger partial charge in [0.25, 0.3) is 0 Å². The van der Waals surface area contributed by atoms with Crippen molar-refractivity contribution in [3.63, 3.8) is 0 Å². The van der Waals surface area contributed by atoms with Gasteiger partial charge in [-0.25, -0.2) is 0 Å². The van der Waals surface area contributed by atoms with Crippen molar-refractivity contribution < 1.29 is 9.47 Å². The van der Waals surface area contributed by atoms with Gasteiger partial charge in [0.05, 0.1) is 7.11 Å². The molecule has 0 bridgehead atoms. The Labute approximate surface area is 177 Å². The molecule has 29 heavy (non-hydrogen) atoms. The van der Waals surface area contributed by atoms with Gasteiger partial charge in [0.15, 0.2) is 0 Å². The molecule has 0 radical (unpaired) electrons. The third-order valence-corrected chi connectivity index (χ3v) is 6.56. The maximum absolute atomic E-state index is 6.32. The van der Waals surface area contributed by atoms with Crippen molar-refractivity contribution >= 4 is 11.3 Å². The molecular formula is C25H29NO2S. The highest BCUT2D eigenvalue weighted by molar-refractivity contribution is 7.10. The zero-order chi connectivity index (χ0) is 19.9. The first-order chi connectivity index (χ1) is 14.3. The number of likely N-dealkylation sites (tertiary alicyclic amines) is 1. The summed E-state index contributed by atoms with van der Waals surface area (Å²) >= 11 is 1.79. The van der Waals surface area contributed by atoms with Gasteiger partial charge in [0, 0.05) is 22.9 Å². The number of nitrogens with zero attached hydrogens (tertiary/aromatic N) is 1. The van der Waals surface area contributed by atoms with Crippen molar-refractivity contribution in [2.24, 2.45) is 0 Å². The molecule has 152 valence electrons. The predicted octanol–water partition coefficient (Wildman–Crippen LogP) is 5.80. The summed E-state index contributed by atoms with van der Waals surface area (Å²) in [5, 5.41) is 2.14. The van der Waals surface area contributed by atoms with Gasteiger partial charge in [-0.3, -0.25) is 4.90 Å². The Bertz CT molecular complexity index is 870. The van der Waals surface area contributed by atoms with Crippen LogP contribution in [0.15, 0.2) is 66.0 Å². The molecule has 1 saturated heterocycles. The van der Waals surface area contributed by atoms with E-state index in [4.69, 9.17) is 9.47 Å². The maximum Gasteiger partial charge on any atom is 0.123 e. The van der Waals surface area contributed by atoms with E-state index in [1.807, 2.05) is 12.1 Å². The van der Waals surface area contributed by atoms with Gasteiger partial charge >= 0.3 is 0 Å². The van der Waals surface area contributed by atoms with Crippen LogP contribution in [0, 0.1) is 0 Å². The average molecular weight is 408 g/mol. The zero-order valence-corrected chi connectivity index (χ0v) is 17.9. The quantitative estimate of drug-likeness (QED) is 0.471. The minimum atomic E-state index is 0.159. The second kappa shape index (κ2) is 9.95. The van der Waals surface area contributed by atoms with E-state index in [1.165, 1.54) is 48.4 Å². The number of para-hydroxylation sites is 1. The third kappa shape index (κ3) is 5.01. The maximum atomic E-state index is 6.32. The number of rotatable bonds is 8. The molecule has 1 fully saturated rings. The number of ether oxygens (including phenoxy) is 2. The molecule has 1 aliphatic heterocycles. The monoisotopic (exact) mass is 407 g/mol. The highest BCUT2D eigenvalue weighted by Crippen LogP contribution is 2.39. The van der Waals surface area contributed by atoms with Crippen LogP contribution in [0.25, 0.3) is 0 Å². The molecule has 4 heteroatoms. The first-order valence-corrected chi connectivity index (χ1v) is 11.3. The summed E-state index contributed by atoms with van der Waals surface area (Å²) in [7, 11) is 1.71.